The Morgan fingerprint density at radius 2 is 2.05 bits per heavy atom. The van der Waals surface area contributed by atoms with Gasteiger partial charge in [0.1, 0.15) is 0 Å². The van der Waals surface area contributed by atoms with Gasteiger partial charge in [-0.3, -0.25) is 14.6 Å². The van der Waals surface area contributed by atoms with E-state index in [1.807, 2.05) is 0 Å². The molecule has 2 rings (SSSR count). The molecule has 108 valence electrons. The van der Waals surface area contributed by atoms with Gasteiger partial charge in [-0.1, -0.05) is 12.1 Å². The van der Waals surface area contributed by atoms with Gasteiger partial charge in [-0.15, -0.1) is 0 Å². The maximum absolute atomic E-state index is 12.0. The van der Waals surface area contributed by atoms with Crippen molar-refractivity contribution in [2.24, 2.45) is 0 Å². The molecule has 0 fully saturated rings. The van der Waals surface area contributed by atoms with Crippen LogP contribution in [0.4, 0.5) is 5.69 Å². The standard InChI is InChI=1S/C15H15N3O3/c19-10-17-9-14(20)12-2-1-3-13(8-12)18-15(21)11-4-6-16-7-5-11/h1-8,10,14,20H,9H2,(H,17,19)(H,18,21). The van der Waals surface area contributed by atoms with Crippen molar-refractivity contribution in [3.63, 3.8) is 0 Å². The molecule has 2 amide bonds. The summed E-state index contributed by atoms with van der Waals surface area (Å²) < 4.78 is 0. The predicted molar refractivity (Wildman–Crippen MR) is 77.7 cm³/mol. The zero-order valence-corrected chi connectivity index (χ0v) is 11.2. The van der Waals surface area contributed by atoms with Gasteiger partial charge in [0.05, 0.1) is 6.10 Å². The number of aromatic nitrogens is 1. The van der Waals surface area contributed by atoms with Crippen molar-refractivity contribution in [3.8, 4) is 0 Å². The summed E-state index contributed by atoms with van der Waals surface area (Å²) in [7, 11) is 0. The average Bonchev–Trinajstić information content (AvgIpc) is 2.53. The lowest BCUT2D eigenvalue weighted by Gasteiger charge is -2.12. The summed E-state index contributed by atoms with van der Waals surface area (Å²) in [4.78, 5) is 26.1. The van der Waals surface area contributed by atoms with Crippen LogP contribution in [0.5, 0.6) is 0 Å². The fourth-order valence-electron chi connectivity index (χ4n) is 1.81. The number of anilines is 1. The van der Waals surface area contributed by atoms with E-state index in [0.717, 1.165) is 0 Å². The lowest BCUT2D eigenvalue weighted by atomic mass is 10.1. The number of aliphatic hydroxyl groups is 1. The van der Waals surface area contributed by atoms with E-state index in [1.54, 1.807) is 48.8 Å². The molecule has 2 aromatic rings. The van der Waals surface area contributed by atoms with Crippen molar-refractivity contribution in [2.75, 3.05) is 11.9 Å². The van der Waals surface area contributed by atoms with Gasteiger partial charge in [0, 0.05) is 30.2 Å². The Hall–Kier alpha value is -2.73. The Morgan fingerprint density at radius 1 is 1.29 bits per heavy atom. The highest BCUT2D eigenvalue weighted by atomic mass is 16.3. The van der Waals surface area contributed by atoms with Crippen molar-refractivity contribution in [1.82, 2.24) is 10.3 Å². The largest absolute Gasteiger partial charge is 0.387 e. The Morgan fingerprint density at radius 3 is 2.76 bits per heavy atom. The Labute approximate surface area is 121 Å². The minimum absolute atomic E-state index is 0.116. The van der Waals surface area contributed by atoms with Gasteiger partial charge in [-0.25, -0.2) is 0 Å². The zero-order chi connectivity index (χ0) is 15.1. The van der Waals surface area contributed by atoms with Crippen molar-refractivity contribution < 1.29 is 14.7 Å². The molecule has 1 heterocycles. The quantitative estimate of drug-likeness (QED) is 0.693. The summed E-state index contributed by atoms with van der Waals surface area (Å²) in [6, 6.07) is 10.1. The molecule has 0 saturated carbocycles. The first-order valence-corrected chi connectivity index (χ1v) is 6.37. The van der Waals surface area contributed by atoms with E-state index in [1.165, 1.54) is 0 Å². The van der Waals surface area contributed by atoms with E-state index in [-0.39, 0.29) is 12.5 Å². The fraction of sp³-hybridized carbons (Fsp3) is 0.133. The zero-order valence-electron chi connectivity index (χ0n) is 11.2. The molecule has 0 bridgehead atoms. The summed E-state index contributed by atoms with van der Waals surface area (Å²) >= 11 is 0. The number of carbonyl (C=O) groups is 2. The topological polar surface area (TPSA) is 91.3 Å². The van der Waals surface area contributed by atoms with Gasteiger partial charge in [-0.2, -0.15) is 0 Å². The van der Waals surface area contributed by atoms with E-state index in [2.05, 4.69) is 15.6 Å². The highest BCUT2D eigenvalue weighted by molar-refractivity contribution is 6.04. The molecule has 6 heteroatoms. The van der Waals surface area contributed by atoms with Crippen LogP contribution >= 0.6 is 0 Å². The summed E-state index contributed by atoms with van der Waals surface area (Å²) in [5.74, 6) is -0.255. The second-order valence-corrected chi connectivity index (χ2v) is 4.36. The lowest BCUT2D eigenvalue weighted by Crippen LogP contribution is -2.19. The molecular formula is C15H15N3O3. The smallest absolute Gasteiger partial charge is 0.255 e. The van der Waals surface area contributed by atoms with Crippen LogP contribution in [0, 0.1) is 0 Å². The molecule has 1 aromatic heterocycles. The number of nitrogens with zero attached hydrogens (tertiary/aromatic N) is 1. The van der Waals surface area contributed by atoms with Crippen molar-refractivity contribution in [1.29, 1.82) is 0 Å². The number of pyridine rings is 1. The van der Waals surface area contributed by atoms with Crippen LogP contribution in [0.25, 0.3) is 0 Å². The Balaban J connectivity index is 2.07. The van der Waals surface area contributed by atoms with E-state index < -0.39 is 6.10 Å². The maximum Gasteiger partial charge on any atom is 0.255 e. The fourth-order valence-corrected chi connectivity index (χ4v) is 1.81. The van der Waals surface area contributed by atoms with Crippen LogP contribution in [-0.4, -0.2) is 29.0 Å². The monoisotopic (exact) mass is 285 g/mol. The highest BCUT2D eigenvalue weighted by Gasteiger charge is 2.09. The number of amides is 2. The van der Waals surface area contributed by atoms with Crippen LogP contribution in [0.2, 0.25) is 0 Å². The molecule has 1 unspecified atom stereocenters. The third-order valence-electron chi connectivity index (χ3n) is 2.87. The molecule has 6 nitrogen and oxygen atoms in total. The van der Waals surface area contributed by atoms with E-state index in [4.69, 9.17) is 0 Å². The van der Waals surface area contributed by atoms with Crippen LogP contribution in [0.3, 0.4) is 0 Å². The van der Waals surface area contributed by atoms with Gasteiger partial charge in [-0.05, 0) is 29.8 Å². The minimum Gasteiger partial charge on any atom is -0.387 e. The number of hydrogen-bond donors (Lipinski definition) is 3. The number of nitrogens with one attached hydrogen (secondary N) is 2. The van der Waals surface area contributed by atoms with Gasteiger partial charge < -0.3 is 15.7 Å². The second-order valence-electron chi connectivity index (χ2n) is 4.36. The van der Waals surface area contributed by atoms with Gasteiger partial charge >= 0.3 is 0 Å². The van der Waals surface area contributed by atoms with Crippen molar-refractivity contribution in [3.05, 3.63) is 59.9 Å². The second kappa shape index (κ2) is 7.16. The van der Waals surface area contributed by atoms with Gasteiger partial charge in [0.15, 0.2) is 0 Å². The number of aliphatic hydroxyl groups excluding tert-OH is 1. The third kappa shape index (κ3) is 4.12. The number of rotatable bonds is 6. The Bertz CT molecular complexity index is 617. The van der Waals surface area contributed by atoms with E-state index in [9.17, 15) is 14.7 Å². The molecule has 0 saturated heterocycles. The predicted octanol–water partition coefficient (Wildman–Crippen LogP) is 1.11. The highest BCUT2D eigenvalue weighted by Crippen LogP contribution is 2.17. The van der Waals surface area contributed by atoms with Gasteiger partial charge in [0.25, 0.3) is 5.91 Å². The molecule has 0 aliphatic rings. The number of hydrogen-bond acceptors (Lipinski definition) is 4. The molecule has 21 heavy (non-hydrogen) atoms. The van der Waals surface area contributed by atoms with E-state index in [0.29, 0.717) is 23.2 Å². The maximum atomic E-state index is 12.0. The molecule has 3 N–H and O–H groups in total. The summed E-state index contributed by atoms with van der Waals surface area (Å²) in [5.41, 5.74) is 1.68. The summed E-state index contributed by atoms with van der Waals surface area (Å²) in [5, 5.41) is 15.0. The molecule has 0 aliphatic carbocycles. The summed E-state index contributed by atoms with van der Waals surface area (Å²) in [6.07, 6.45) is 2.78. The minimum atomic E-state index is -0.826. The molecule has 1 atom stereocenters. The molecule has 0 spiro atoms. The summed E-state index contributed by atoms with van der Waals surface area (Å²) in [6.45, 7) is 0.116. The van der Waals surface area contributed by atoms with Crippen molar-refractivity contribution in [2.45, 2.75) is 6.10 Å². The molecular weight excluding hydrogens is 270 g/mol. The Kier molecular flexibility index (Phi) is 5.00. The van der Waals surface area contributed by atoms with Crippen LogP contribution < -0.4 is 10.6 Å². The SMILES string of the molecule is O=CNCC(O)c1cccc(NC(=O)c2ccncc2)c1. The molecule has 0 radical (unpaired) electrons. The molecule has 1 aromatic carbocycles. The number of benzene rings is 1. The first kappa shape index (κ1) is 14.7. The normalized spacial score (nSPS) is 11.5. The lowest BCUT2D eigenvalue weighted by molar-refractivity contribution is -0.109. The molecule has 0 aliphatic heterocycles. The van der Waals surface area contributed by atoms with Crippen molar-refractivity contribution >= 4 is 18.0 Å². The number of carbonyl (C=O) groups excluding carboxylic acids is 2. The first-order chi connectivity index (χ1) is 10.2. The van der Waals surface area contributed by atoms with Crippen LogP contribution in [-0.2, 0) is 4.79 Å². The van der Waals surface area contributed by atoms with E-state index >= 15 is 0 Å². The third-order valence-corrected chi connectivity index (χ3v) is 2.87. The first-order valence-electron chi connectivity index (χ1n) is 6.37. The van der Waals surface area contributed by atoms with Crippen LogP contribution in [0.15, 0.2) is 48.8 Å². The van der Waals surface area contributed by atoms with Gasteiger partial charge in [0.2, 0.25) is 6.41 Å². The average molecular weight is 285 g/mol. The van der Waals surface area contributed by atoms with Crippen LogP contribution in [0.1, 0.15) is 22.0 Å².